The molecule has 110 valence electrons. The van der Waals surface area contributed by atoms with Gasteiger partial charge in [0.15, 0.2) is 11.5 Å². The van der Waals surface area contributed by atoms with E-state index in [-0.39, 0.29) is 12.8 Å². The molecule has 2 aromatic carbocycles. The van der Waals surface area contributed by atoms with Crippen molar-refractivity contribution in [1.29, 1.82) is 0 Å². The van der Waals surface area contributed by atoms with Gasteiger partial charge in [0.25, 0.3) is 0 Å². The van der Waals surface area contributed by atoms with Gasteiger partial charge in [0.05, 0.1) is 20.7 Å². The minimum Gasteiger partial charge on any atom is -0.454 e. The molecule has 0 fully saturated rings. The molecule has 1 aliphatic rings. The van der Waals surface area contributed by atoms with Gasteiger partial charge in [-0.1, -0.05) is 29.8 Å². The third-order valence-corrected chi connectivity index (χ3v) is 5.19. The van der Waals surface area contributed by atoms with Crippen molar-refractivity contribution in [1.82, 2.24) is 0 Å². The number of benzene rings is 2. The summed E-state index contributed by atoms with van der Waals surface area (Å²) in [5.74, 6) is 1.67. The third-order valence-electron chi connectivity index (χ3n) is 3.24. The van der Waals surface area contributed by atoms with Crippen LogP contribution < -0.4 is 15.2 Å². The highest BCUT2D eigenvalue weighted by Crippen LogP contribution is 2.34. The molecule has 1 heterocycles. The topological polar surface area (TPSA) is 61.6 Å². The summed E-state index contributed by atoms with van der Waals surface area (Å²) >= 11 is 6.05. The van der Waals surface area contributed by atoms with Crippen molar-refractivity contribution in [3.05, 3.63) is 53.1 Å². The average molecular weight is 324 g/mol. The highest BCUT2D eigenvalue weighted by atomic mass is 35.5. The van der Waals surface area contributed by atoms with Crippen molar-refractivity contribution in [2.24, 2.45) is 5.73 Å². The van der Waals surface area contributed by atoms with Crippen LogP contribution >= 0.6 is 11.6 Å². The Balaban J connectivity index is 1.76. The van der Waals surface area contributed by atoms with Gasteiger partial charge in [-0.25, -0.2) is 0 Å². The van der Waals surface area contributed by atoms with E-state index in [1.807, 2.05) is 24.3 Å². The summed E-state index contributed by atoms with van der Waals surface area (Å²) in [5.41, 5.74) is 7.01. The molecule has 4 nitrogen and oxygen atoms in total. The van der Waals surface area contributed by atoms with E-state index in [0.29, 0.717) is 27.2 Å². The molecule has 3 rings (SSSR count). The van der Waals surface area contributed by atoms with E-state index in [1.54, 1.807) is 18.2 Å². The maximum Gasteiger partial charge on any atom is 0.231 e. The Hall–Kier alpha value is -1.56. The second-order valence-corrected chi connectivity index (χ2v) is 6.53. The predicted octanol–water partition coefficient (Wildman–Crippen LogP) is 2.88. The number of fused-ring (bicyclic) bond motifs is 1. The van der Waals surface area contributed by atoms with Crippen LogP contribution in [0.3, 0.4) is 0 Å². The molecule has 0 amide bonds. The second kappa shape index (κ2) is 6.05. The molecule has 21 heavy (non-hydrogen) atoms. The molecule has 2 N–H and O–H groups in total. The molecular formula is C15H14ClNO3S. The second-order valence-electron chi connectivity index (χ2n) is 4.66. The van der Waals surface area contributed by atoms with Crippen LogP contribution in [0.5, 0.6) is 11.5 Å². The lowest BCUT2D eigenvalue weighted by Gasteiger charge is -2.13. The maximum absolute atomic E-state index is 12.4. The Morgan fingerprint density at radius 3 is 2.76 bits per heavy atom. The summed E-state index contributed by atoms with van der Waals surface area (Å²) in [4.78, 5) is 0.607. The fraction of sp³-hybridized carbons (Fsp3) is 0.200. The number of hydrogen-bond donors (Lipinski definition) is 1. The molecule has 2 aromatic rings. The van der Waals surface area contributed by atoms with Crippen molar-refractivity contribution < 1.29 is 13.7 Å². The van der Waals surface area contributed by atoms with Crippen LogP contribution in [0.25, 0.3) is 0 Å². The lowest BCUT2D eigenvalue weighted by Crippen LogP contribution is -2.18. The standard InChI is InChI=1S/C15H14ClNO3S/c16-11-3-1-2-4-15(11)21(18)8-12(17)10-5-6-13-14(7-10)20-9-19-13/h1-7,12H,8-9,17H2. The van der Waals surface area contributed by atoms with E-state index < -0.39 is 10.8 Å². The fourth-order valence-corrected chi connectivity index (χ4v) is 3.73. The first-order chi connectivity index (χ1) is 10.1. The number of rotatable bonds is 4. The summed E-state index contributed by atoms with van der Waals surface area (Å²) in [6.07, 6.45) is 0. The normalized spacial score (nSPS) is 15.7. The Bertz CT molecular complexity index is 692. The van der Waals surface area contributed by atoms with E-state index in [4.69, 9.17) is 26.8 Å². The first-order valence-electron chi connectivity index (χ1n) is 6.43. The predicted molar refractivity (Wildman–Crippen MR) is 82.2 cm³/mol. The van der Waals surface area contributed by atoms with E-state index in [2.05, 4.69) is 0 Å². The van der Waals surface area contributed by atoms with Gasteiger partial charge in [-0.05, 0) is 29.8 Å². The van der Waals surface area contributed by atoms with Gasteiger partial charge in [-0.2, -0.15) is 0 Å². The number of ether oxygens (including phenoxy) is 2. The van der Waals surface area contributed by atoms with Crippen molar-refractivity contribution in [3.8, 4) is 11.5 Å². The van der Waals surface area contributed by atoms with Crippen molar-refractivity contribution in [3.63, 3.8) is 0 Å². The van der Waals surface area contributed by atoms with Crippen LogP contribution in [0, 0.1) is 0 Å². The molecule has 0 aromatic heterocycles. The largest absolute Gasteiger partial charge is 0.454 e. The molecule has 0 saturated heterocycles. The van der Waals surface area contributed by atoms with Gasteiger partial charge in [0.2, 0.25) is 6.79 Å². The van der Waals surface area contributed by atoms with Crippen LogP contribution in [0.15, 0.2) is 47.4 Å². The Morgan fingerprint density at radius 2 is 1.95 bits per heavy atom. The smallest absolute Gasteiger partial charge is 0.231 e. The van der Waals surface area contributed by atoms with Crippen LogP contribution in [0.4, 0.5) is 0 Å². The maximum atomic E-state index is 12.4. The lowest BCUT2D eigenvalue weighted by atomic mass is 10.1. The molecular weight excluding hydrogens is 310 g/mol. The van der Waals surface area contributed by atoms with Crippen LogP contribution in [0.2, 0.25) is 5.02 Å². The molecule has 0 saturated carbocycles. The Kier molecular flexibility index (Phi) is 4.14. The van der Waals surface area contributed by atoms with Crippen molar-refractivity contribution >= 4 is 22.4 Å². The monoisotopic (exact) mass is 323 g/mol. The molecule has 0 radical (unpaired) electrons. The van der Waals surface area contributed by atoms with E-state index >= 15 is 0 Å². The zero-order valence-electron chi connectivity index (χ0n) is 11.1. The summed E-state index contributed by atoms with van der Waals surface area (Å²) in [5, 5.41) is 0.494. The molecule has 0 aliphatic carbocycles. The fourth-order valence-electron chi connectivity index (χ4n) is 2.12. The first-order valence-corrected chi connectivity index (χ1v) is 8.13. The summed E-state index contributed by atoms with van der Waals surface area (Å²) in [6, 6.07) is 12.2. The van der Waals surface area contributed by atoms with Gasteiger partial charge in [-0.3, -0.25) is 4.21 Å². The average Bonchev–Trinajstić information content (AvgIpc) is 2.94. The Labute approximate surface area is 130 Å². The van der Waals surface area contributed by atoms with Crippen LogP contribution in [-0.4, -0.2) is 16.8 Å². The number of halogens is 1. The molecule has 0 bridgehead atoms. The molecule has 6 heteroatoms. The van der Waals surface area contributed by atoms with E-state index in [9.17, 15) is 4.21 Å². The number of nitrogens with two attached hydrogens (primary N) is 1. The van der Waals surface area contributed by atoms with Gasteiger partial charge >= 0.3 is 0 Å². The Morgan fingerprint density at radius 1 is 1.19 bits per heavy atom. The van der Waals surface area contributed by atoms with Gasteiger partial charge < -0.3 is 15.2 Å². The highest BCUT2D eigenvalue weighted by molar-refractivity contribution is 7.85. The van der Waals surface area contributed by atoms with Crippen molar-refractivity contribution in [2.75, 3.05) is 12.5 Å². The van der Waals surface area contributed by atoms with Crippen LogP contribution in [0.1, 0.15) is 11.6 Å². The minimum atomic E-state index is -1.25. The molecule has 2 atom stereocenters. The van der Waals surface area contributed by atoms with Crippen LogP contribution in [-0.2, 0) is 10.8 Å². The van der Waals surface area contributed by atoms with Gasteiger partial charge in [0, 0.05) is 11.8 Å². The zero-order valence-corrected chi connectivity index (χ0v) is 12.7. The van der Waals surface area contributed by atoms with Crippen molar-refractivity contribution in [2.45, 2.75) is 10.9 Å². The highest BCUT2D eigenvalue weighted by Gasteiger charge is 2.18. The van der Waals surface area contributed by atoms with E-state index in [1.165, 1.54) is 0 Å². The van der Waals surface area contributed by atoms with E-state index in [0.717, 1.165) is 5.56 Å². The molecule has 2 unspecified atom stereocenters. The lowest BCUT2D eigenvalue weighted by molar-refractivity contribution is 0.174. The van der Waals surface area contributed by atoms with Gasteiger partial charge in [-0.15, -0.1) is 0 Å². The quantitative estimate of drug-likeness (QED) is 0.939. The first kappa shape index (κ1) is 14.4. The molecule has 1 aliphatic heterocycles. The minimum absolute atomic E-state index is 0.222. The zero-order chi connectivity index (χ0) is 14.8. The van der Waals surface area contributed by atoms with Gasteiger partial charge in [0.1, 0.15) is 0 Å². The SMILES string of the molecule is NC(CS(=O)c1ccccc1Cl)c1ccc2c(c1)OCO2. The summed E-state index contributed by atoms with van der Waals surface area (Å²) < 4.78 is 23.0. The third kappa shape index (κ3) is 3.05. The molecule has 0 spiro atoms. The number of hydrogen-bond acceptors (Lipinski definition) is 4. The summed E-state index contributed by atoms with van der Waals surface area (Å²) in [6.45, 7) is 0.222. The summed E-state index contributed by atoms with van der Waals surface area (Å²) in [7, 11) is -1.25.